The molecule has 1 aromatic rings. The highest BCUT2D eigenvalue weighted by atomic mass is 16.2. The first-order chi connectivity index (χ1) is 5.30. The van der Waals surface area contributed by atoms with Gasteiger partial charge in [-0.25, -0.2) is 0 Å². The zero-order valence-electron chi connectivity index (χ0n) is 6.25. The fraction of sp³-hybridized carbons (Fsp3) is 0.714. The lowest BCUT2D eigenvalue weighted by molar-refractivity contribution is 0.492. The monoisotopic (exact) mass is 154 g/mol. The number of piperidine rings is 1. The standard InChI is InChI=1S/C7H10N2O2/c10-6-7(11)9(6)8-4-2-1-3-5-8/h1-5H2. The van der Waals surface area contributed by atoms with Gasteiger partial charge in [0.25, 0.3) is 0 Å². The van der Waals surface area contributed by atoms with Crippen molar-refractivity contribution >= 4 is 0 Å². The molecule has 1 aromatic heterocycles. The Hall–Kier alpha value is -1.06. The van der Waals surface area contributed by atoms with Gasteiger partial charge in [0, 0.05) is 13.1 Å². The van der Waals surface area contributed by atoms with Crippen LogP contribution < -0.4 is 16.1 Å². The summed E-state index contributed by atoms with van der Waals surface area (Å²) in [5, 5.41) is 1.84. The maximum absolute atomic E-state index is 10.7. The van der Waals surface area contributed by atoms with Crippen molar-refractivity contribution in [3.8, 4) is 0 Å². The average molecular weight is 154 g/mol. The van der Waals surface area contributed by atoms with E-state index >= 15 is 0 Å². The normalized spacial score (nSPS) is 19.5. The van der Waals surface area contributed by atoms with Gasteiger partial charge in [0.1, 0.15) is 0 Å². The third-order valence-corrected chi connectivity index (χ3v) is 2.13. The molecule has 1 aliphatic heterocycles. The van der Waals surface area contributed by atoms with E-state index < -0.39 is 0 Å². The Morgan fingerprint density at radius 3 is 1.91 bits per heavy atom. The van der Waals surface area contributed by atoms with Crippen molar-refractivity contribution in [3.05, 3.63) is 20.7 Å². The number of hydrogen-bond acceptors (Lipinski definition) is 3. The maximum atomic E-state index is 10.7. The Bertz CT molecular complexity index is 290. The second-order valence-corrected chi connectivity index (χ2v) is 2.94. The summed E-state index contributed by atoms with van der Waals surface area (Å²) in [6.07, 6.45) is 3.40. The van der Waals surface area contributed by atoms with Gasteiger partial charge in [0.05, 0.1) is 0 Å². The summed E-state index contributed by atoms with van der Waals surface area (Å²) in [6, 6.07) is 0. The third-order valence-electron chi connectivity index (χ3n) is 2.13. The number of aromatic nitrogens is 1. The molecule has 2 rings (SSSR count). The summed E-state index contributed by atoms with van der Waals surface area (Å²) in [4.78, 5) is 21.3. The molecular weight excluding hydrogens is 144 g/mol. The van der Waals surface area contributed by atoms with E-state index in [9.17, 15) is 9.59 Å². The molecule has 0 N–H and O–H groups in total. The quantitative estimate of drug-likeness (QED) is 0.498. The lowest BCUT2D eigenvalue weighted by Gasteiger charge is -2.24. The summed E-state index contributed by atoms with van der Waals surface area (Å²) < 4.78 is 1.25. The summed E-state index contributed by atoms with van der Waals surface area (Å²) in [5.41, 5.74) is -0.682. The molecule has 1 saturated heterocycles. The van der Waals surface area contributed by atoms with E-state index in [0.717, 1.165) is 25.9 Å². The summed E-state index contributed by atoms with van der Waals surface area (Å²) in [6.45, 7) is 1.72. The van der Waals surface area contributed by atoms with Crippen molar-refractivity contribution in [2.24, 2.45) is 0 Å². The van der Waals surface area contributed by atoms with Crippen molar-refractivity contribution in [3.63, 3.8) is 0 Å². The van der Waals surface area contributed by atoms with Crippen molar-refractivity contribution in [1.82, 2.24) is 4.68 Å². The van der Waals surface area contributed by atoms with Gasteiger partial charge in [0.15, 0.2) is 0 Å². The van der Waals surface area contributed by atoms with Gasteiger partial charge in [-0.1, -0.05) is 0 Å². The molecule has 60 valence electrons. The van der Waals surface area contributed by atoms with Gasteiger partial charge in [-0.05, 0) is 19.3 Å². The SMILES string of the molecule is O=c1c(=O)n1N1CCCCC1. The zero-order chi connectivity index (χ0) is 7.84. The summed E-state index contributed by atoms with van der Waals surface area (Å²) in [5.74, 6) is 0. The lowest BCUT2D eigenvalue weighted by atomic mass is 10.2. The molecule has 11 heavy (non-hydrogen) atoms. The van der Waals surface area contributed by atoms with Crippen LogP contribution in [0.2, 0.25) is 0 Å². The highest BCUT2D eigenvalue weighted by Crippen LogP contribution is 2.05. The molecule has 0 radical (unpaired) electrons. The molecule has 0 amide bonds. The van der Waals surface area contributed by atoms with E-state index in [4.69, 9.17) is 0 Å². The molecule has 4 nitrogen and oxygen atoms in total. The van der Waals surface area contributed by atoms with Crippen LogP contribution in [0.4, 0.5) is 0 Å². The smallest absolute Gasteiger partial charge is 0.307 e. The van der Waals surface area contributed by atoms with Gasteiger partial charge in [-0.3, -0.25) is 9.59 Å². The molecule has 4 heteroatoms. The first kappa shape index (κ1) is 6.64. The van der Waals surface area contributed by atoms with E-state index in [0.29, 0.717) is 0 Å². The lowest BCUT2D eigenvalue weighted by Crippen LogP contribution is -2.38. The van der Waals surface area contributed by atoms with Gasteiger partial charge < -0.3 is 5.01 Å². The second-order valence-electron chi connectivity index (χ2n) is 2.94. The minimum absolute atomic E-state index is 0.341. The first-order valence-corrected chi connectivity index (χ1v) is 3.94. The molecule has 0 aliphatic carbocycles. The molecule has 1 aliphatic rings. The fourth-order valence-electron chi connectivity index (χ4n) is 1.46. The zero-order valence-corrected chi connectivity index (χ0v) is 6.25. The van der Waals surface area contributed by atoms with Crippen molar-refractivity contribution < 1.29 is 0 Å². The van der Waals surface area contributed by atoms with Crippen LogP contribution in [-0.4, -0.2) is 17.8 Å². The molecule has 2 heterocycles. The van der Waals surface area contributed by atoms with Crippen LogP contribution in [0, 0.1) is 0 Å². The Labute approximate surface area is 63.7 Å². The Balaban J connectivity index is 2.11. The van der Waals surface area contributed by atoms with Crippen LogP contribution in [0.5, 0.6) is 0 Å². The second kappa shape index (κ2) is 2.22. The van der Waals surface area contributed by atoms with Gasteiger partial charge in [-0.15, -0.1) is 0 Å². The summed E-state index contributed by atoms with van der Waals surface area (Å²) in [7, 11) is 0. The predicted molar refractivity (Wildman–Crippen MR) is 41.1 cm³/mol. The van der Waals surface area contributed by atoms with E-state index in [1.165, 1.54) is 11.1 Å². The van der Waals surface area contributed by atoms with Crippen LogP contribution in [0.1, 0.15) is 19.3 Å². The average Bonchev–Trinajstić information content (AvgIpc) is 2.62. The molecule has 0 aromatic carbocycles. The van der Waals surface area contributed by atoms with E-state index in [-0.39, 0.29) is 11.1 Å². The van der Waals surface area contributed by atoms with Crippen LogP contribution in [0.15, 0.2) is 9.59 Å². The minimum Gasteiger partial charge on any atom is -0.307 e. The number of hydrogen-bond donors (Lipinski definition) is 0. The molecule has 0 atom stereocenters. The van der Waals surface area contributed by atoms with Crippen LogP contribution in [0.3, 0.4) is 0 Å². The molecule has 0 bridgehead atoms. The Kier molecular flexibility index (Phi) is 1.34. The number of rotatable bonds is 1. The van der Waals surface area contributed by atoms with E-state index in [2.05, 4.69) is 0 Å². The largest absolute Gasteiger partial charge is 0.340 e. The van der Waals surface area contributed by atoms with E-state index in [1.54, 1.807) is 0 Å². The van der Waals surface area contributed by atoms with Gasteiger partial charge in [-0.2, -0.15) is 4.68 Å². The summed E-state index contributed by atoms with van der Waals surface area (Å²) >= 11 is 0. The Morgan fingerprint density at radius 1 is 0.909 bits per heavy atom. The maximum Gasteiger partial charge on any atom is 0.340 e. The van der Waals surface area contributed by atoms with Crippen molar-refractivity contribution in [1.29, 1.82) is 0 Å². The minimum atomic E-state index is -0.341. The Morgan fingerprint density at radius 2 is 1.45 bits per heavy atom. The molecule has 1 fully saturated rings. The van der Waals surface area contributed by atoms with Gasteiger partial charge in [0.2, 0.25) is 0 Å². The number of nitrogens with zero attached hydrogens (tertiary/aromatic N) is 2. The molecule has 0 unspecified atom stereocenters. The topological polar surface area (TPSA) is 42.3 Å². The van der Waals surface area contributed by atoms with Crippen molar-refractivity contribution in [2.45, 2.75) is 19.3 Å². The third kappa shape index (κ3) is 0.982. The highest BCUT2D eigenvalue weighted by Gasteiger charge is 2.23. The predicted octanol–water partition coefficient (Wildman–Crippen LogP) is -0.794. The van der Waals surface area contributed by atoms with Crippen LogP contribution in [-0.2, 0) is 0 Å². The van der Waals surface area contributed by atoms with Crippen molar-refractivity contribution in [2.75, 3.05) is 18.1 Å². The molecular formula is C7H10N2O2. The van der Waals surface area contributed by atoms with Crippen LogP contribution in [0.25, 0.3) is 0 Å². The first-order valence-electron chi connectivity index (χ1n) is 3.94. The fourth-order valence-corrected chi connectivity index (χ4v) is 1.46. The molecule has 0 spiro atoms. The van der Waals surface area contributed by atoms with Crippen LogP contribution >= 0.6 is 0 Å². The van der Waals surface area contributed by atoms with Gasteiger partial charge >= 0.3 is 11.1 Å². The van der Waals surface area contributed by atoms with E-state index in [1.807, 2.05) is 5.01 Å². The molecule has 0 saturated carbocycles. The highest BCUT2D eigenvalue weighted by molar-refractivity contribution is 4.99.